The Morgan fingerprint density at radius 1 is 1.04 bits per heavy atom. The summed E-state index contributed by atoms with van der Waals surface area (Å²) in [6.07, 6.45) is 6.62. The van der Waals surface area contributed by atoms with Gasteiger partial charge in [0.25, 0.3) is 5.91 Å². The van der Waals surface area contributed by atoms with E-state index in [0.29, 0.717) is 39.5 Å². The lowest BCUT2D eigenvalue weighted by Crippen LogP contribution is -2.53. The summed E-state index contributed by atoms with van der Waals surface area (Å²) in [4.78, 5) is 42.3. The number of ether oxygens (including phenoxy) is 1. The molecule has 0 aromatic heterocycles. The fourth-order valence-electron chi connectivity index (χ4n) is 4.14. The molecular formula is C18H30N4O4. The molecule has 2 aliphatic heterocycles. The molecule has 4 amide bonds. The van der Waals surface area contributed by atoms with Gasteiger partial charge in [-0.1, -0.05) is 32.1 Å². The second kappa shape index (κ2) is 8.24. The summed E-state index contributed by atoms with van der Waals surface area (Å²) in [5.41, 5.74) is -0.690. The maximum atomic E-state index is 13.0. The monoisotopic (exact) mass is 366 g/mol. The third-order valence-electron chi connectivity index (χ3n) is 5.69. The summed E-state index contributed by atoms with van der Waals surface area (Å²) in [5.74, 6) is -0.0720. The number of hydrogen-bond acceptors (Lipinski definition) is 5. The average molecular weight is 366 g/mol. The number of nitrogens with one attached hydrogen (secondary N) is 1. The van der Waals surface area contributed by atoms with Crippen LogP contribution in [0, 0.1) is 0 Å². The van der Waals surface area contributed by atoms with Gasteiger partial charge in [-0.05, 0) is 19.8 Å². The highest BCUT2D eigenvalue weighted by molar-refractivity contribution is 6.07. The minimum Gasteiger partial charge on any atom is -0.450 e. The quantitative estimate of drug-likeness (QED) is 0.770. The van der Waals surface area contributed by atoms with E-state index < -0.39 is 5.54 Å². The molecule has 1 aliphatic carbocycles. The SMILES string of the molecule is CCOC(=O)N1CCN(CN2C(=O)NC3(CCCCCCC3)C2=O)CC1. The first-order valence-electron chi connectivity index (χ1n) is 9.84. The largest absolute Gasteiger partial charge is 0.450 e. The van der Waals surface area contributed by atoms with Gasteiger partial charge in [-0.25, -0.2) is 14.5 Å². The number of nitrogens with zero attached hydrogens (tertiary/aromatic N) is 3. The molecule has 0 unspecified atom stereocenters. The van der Waals surface area contributed by atoms with E-state index >= 15 is 0 Å². The van der Waals surface area contributed by atoms with E-state index in [9.17, 15) is 14.4 Å². The van der Waals surface area contributed by atoms with Crippen LogP contribution in [0.5, 0.6) is 0 Å². The number of carbonyl (C=O) groups excluding carboxylic acids is 3. The number of carbonyl (C=O) groups is 3. The molecule has 0 atom stereocenters. The highest BCUT2D eigenvalue weighted by Gasteiger charge is 2.50. The zero-order chi connectivity index (χ0) is 18.6. The second-order valence-electron chi connectivity index (χ2n) is 7.46. The fourth-order valence-corrected chi connectivity index (χ4v) is 4.14. The molecule has 8 heteroatoms. The molecule has 0 aromatic rings. The molecule has 2 heterocycles. The number of piperazine rings is 1. The fraction of sp³-hybridized carbons (Fsp3) is 0.833. The Labute approximate surface area is 154 Å². The van der Waals surface area contributed by atoms with Crippen molar-refractivity contribution in [3.05, 3.63) is 0 Å². The lowest BCUT2D eigenvalue weighted by Gasteiger charge is -2.35. The van der Waals surface area contributed by atoms with Crippen LogP contribution >= 0.6 is 0 Å². The zero-order valence-electron chi connectivity index (χ0n) is 15.7. The molecule has 2 saturated heterocycles. The molecule has 0 radical (unpaired) electrons. The van der Waals surface area contributed by atoms with Crippen LogP contribution in [0.1, 0.15) is 51.9 Å². The van der Waals surface area contributed by atoms with E-state index in [1.807, 2.05) is 0 Å². The minimum absolute atomic E-state index is 0.0720. The first-order valence-corrected chi connectivity index (χ1v) is 9.84. The topological polar surface area (TPSA) is 82.2 Å². The average Bonchev–Trinajstić information content (AvgIpc) is 2.84. The maximum Gasteiger partial charge on any atom is 0.409 e. The Morgan fingerprint density at radius 2 is 1.65 bits per heavy atom. The number of rotatable bonds is 3. The van der Waals surface area contributed by atoms with Crippen LogP contribution in [0.25, 0.3) is 0 Å². The lowest BCUT2D eigenvalue weighted by molar-refractivity contribution is -0.133. The van der Waals surface area contributed by atoms with Crippen molar-refractivity contribution in [3.63, 3.8) is 0 Å². The molecule has 3 fully saturated rings. The van der Waals surface area contributed by atoms with Gasteiger partial charge in [-0.2, -0.15) is 0 Å². The highest BCUT2D eigenvalue weighted by Crippen LogP contribution is 2.32. The molecule has 1 N–H and O–H groups in total. The van der Waals surface area contributed by atoms with Crippen molar-refractivity contribution in [3.8, 4) is 0 Å². The van der Waals surface area contributed by atoms with Crippen molar-refractivity contribution in [2.24, 2.45) is 0 Å². The number of urea groups is 1. The van der Waals surface area contributed by atoms with Gasteiger partial charge < -0.3 is 15.0 Å². The number of amides is 4. The summed E-state index contributed by atoms with van der Waals surface area (Å²) < 4.78 is 5.02. The van der Waals surface area contributed by atoms with Crippen molar-refractivity contribution in [2.75, 3.05) is 39.5 Å². The first-order chi connectivity index (χ1) is 12.6. The Morgan fingerprint density at radius 3 is 2.27 bits per heavy atom. The third-order valence-corrected chi connectivity index (χ3v) is 5.69. The predicted molar refractivity (Wildman–Crippen MR) is 95.5 cm³/mol. The van der Waals surface area contributed by atoms with Crippen molar-refractivity contribution in [1.29, 1.82) is 0 Å². The normalized spacial score (nSPS) is 24.3. The summed E-state index contributed by atoms with van der Waals surface area (Å²) in [7, 11) is 0. The van der Waals surface area contributed by atoms with Gasteiger partial charge in [-0.3, -0.25) is 9.69 Å². The Bertz CT molecular complexity index is 537. The predicted octanol–water partition coefficient (Wildman–Crippen LogP) is 1.75. The van der Waals surface area contributed by atoms with Gasteiger partial charge in [0.15, 0.2) is 0 Å². The van der Waals surface area contributed by atoms with E-state index in [-0.39, 0.29) is 18.0 Å². The van der Waals surface area contributed by atoms with E-state index in [0.717, 1.165) is 38.5 Å². The summed E-state index contributed by atoms with van der Waals surface area (Å²) in [6, 6.07) is -0.275. The highest BCUT2D eigenvalue weighted by atomic mass is 16.6. The van der Waals surface area contributed by atoms with E-state index in [1.54, 1.807) is 11.8 Å². The minimum atomic E-state index is -0.690. The van der Waals surface area contributed by atoms with Crippen LogP contribution < -0.4 is 5.32 Å². The van der Waals surface area contributed by atoms with Crippen LogP contribution in [-0.4, -0.2) is 77.7 Å². The van der Waals surface area contributed by atoms with Crippen molar-refractivity contribution in [1.82, 2.24) is 20.0 Å². The molecule has 3 aliphatic rings. The van der Waals surface area contributed by atoms with Crippen LogP contribution in [0.2, 0.25) is 0 Å². The van der Waals surface area contributed by atoms with Gasteiger partial charge in [0.2, 0.25) is 0 Å². The second-order valence-corrected chi connectivity index (χ2v) is 7.46. The van der Waals surface area contributed by atoms with Gasteiger partial charge in [0, 0.05) is 26.2 Å². The summed E-state index contributed by atoms with van der Waals surface area (Å²) in [5, 5.41) is 3.00. The summed E-state index contributed by atoms with van der Waals surface area (Å²) in [6.45, 7) is 4.80. The molecule has 8 nitrogen and oxygen atoms in total. The molecule has 0 aromatic carbocycles. The molecule has 26 heavy (non-hydrogen) atoms. The van der Waals surface area contributed by atoms with Crippen molar-refractivity contribution in [2.45, 2.75) is 57.4 Å². The van der Waals surface area contributed by atoms with Crippen LogP contribution in [0.3, 0.4) is 0 Å². The van der Waals surface area contributed by atoms with Gasteiger partial charge in [0.05, 0.1) is 13.3 Å². The van der Waals surface area contributed by atoms with Crippen molar-refractivity contribution >= 4 is 18.0 Å². The number of imide groups is 1. The van der Waals surface area contributed by atoms with Gasteiger partial charge >= 0.3 is 12.1 Å². The molecule has 0 bridgehead atoms. The maximum absolute atomic E-state index is 13.0. The molecule has 3 rings (SSSR count). The van der Waals surface area contributed by atoms with Crippen LogP contribution in [0.15, 0.2) is 0 Å². The van der Waals surface area contributed by atoms with Crippen molar-refractivity contribution < 1.29 is 19.1 Å². The van der Waals surface area contributed by atoms with Gasteiger partial charge in [-0.15, -0.1) is 0 Å². The molecular weight excluding hydrogens is 336 g/mol. The lowest BCUT2D eigenvalue weighted by atomic mass is 9.84. The zero-order valence-corrected chi connectivity index (χ0v) is 15.7. The van der Waals surface area contributed by atoms with E-state index in [4.69, 9.17) is 4.74 Å². The first kappa shape index (κ1) is 18.9. The smallest absolute Gasteiger partial charge is 0.409 e. The van der Waals surface area contributed by atoms with Gasteiger partial charge in [0.1, 0.15) is 5.54 Å². The standard InChI is InChI=1S/C18H30N4O4/c1-2-26-17(25)21-12-10-20(11-13-21)14-22-15(23)18(19-16(22)24)8-6-4-3-5-7-9-18/h2-14H2,1H3,(H,19,24). The van der Waals surface area contributed by atoms with E-state index in [1.165, 1.54) is 11.3 Å². The number of hydrogen-bond donors (Lipinski definition) is 1. The Kier molecular flexibility index (Phi) is 6.01. The molecule has 146 valence electrons. The third kappa shape index (κ3) is 3.95. The Hall–Kier alpha value is -1.83. The molecule has 1 saturated carbocycles. The van der Waals surface area contributed by atoms with E-state index in [2.05, 4.69) is 10.2 Å². The van der Waals surface area contributed by atoms with Crippen LogP contribution in [0.4, 0.5) is 9.59 Å². The summed E-state index contributed by atoms with van der Waals surface area (Å²) >= 11 is 0. The molecule has 1 spiro atoms. The Balaban J connectivity index is 1.56. The van der Waals surface area contributed by atoms with Crippen LogP contribution in [-0.2, 0) is 9.53 Å².